The molecule has 0 saturated heterocycles. The average Bonchev–Trinajstić information content (AvgIpc) is 2.76. The molecule has 1 aliphatic rings. The molecule has 0 spiro atoms. The smallest absolute Gasteiger partial charge is 0.0568 e. The van der Waals surface area contributed by atoms with Crippen molar-refractivity contribution in [1.82, 2.24) is 0 Å². The summed E-state index contributed by atoms with van der Waals surface area (Å²) in [5.41, 5.74) is 4.93. The lowest BCUT2D eigenvalue weighted by Crippen LogP contribution is -2.13. The first-order chi connectivity index (χ1) is 14.2. The fourth-order valence-electron chi connectivity index (χ4n) is 4.35. The minimum atomic E-state index is 0.743. The van der Waals surface area contributed by atoms with E-state index in [2.05, 4.69) is 72.6 Å². The maximum Gasteiger partial charge on any atom is 0.0568 e. The van der Waals surface area contributed by atoms with Gasteiger partial charge in [-0.2, -0.15) is 10.2 Å². The second-order valence-corrected chi connectivity index (χ2v) is 8.63. The van der Waals surface area contributed by atoms with Crippen molar-refractivity contribution in [2.75, 3.05) is 0 Å². The molecule has 0 unspecified atom stereocenters. The maximum atomic E-state index is 4.20. The van der Waals surface area contributed by atoms with Crippen LogP contribution in [0.25, 0.3) is 0 Å². The molecule has 2 aromatic rings. The topological polar surface area (TPSA) is 24.7 Å². The van der Waals surface area contributed by atoms with E-state index in [0.29, 0.717) is 0 Å². The molecule has 1 fully saturated rings. The molecule has 0 atom stereocenters. The summed E-state index contributed by atoms with van der Waals surface area (Å²) < 4.78 is 0. The number of nitrogens with zero attached hydrogens (tertiary/aromatic N) is 2. The number of aryl methyl sites for hydroxylation is 1. The first kappa shape index (κ1) is 21.5. The van der Waals surface area contributed by atoms with Gasteiger partial charge < -0.3 is 0 Å². The van der Waals surface area contributed by atoms with Crippen LogP contribution >= 0.6 is 0 Å². The van der Waals surface area contributed by atoms with Crippen LogP contribution in [0.2, 0.25) is 0 Å². The van der Waals surface area contributed by atoms with E-state index in [9.17, 15) is 0 Å². The van der Waals surface area contributed by atoms with E-state index < -0.39 is 0 Å². The molecule has 29 heavy (non-hydrogen) atoms. The zero-order chi connectivity index (χ0) is 20.3. The standard InChI is InChI=1S/C27H36N2/c1-3-4-5-6-7-23-12-16-26(17-13-23)27-18-14-25(15-19-27)21-29-28-20-24-10-8-22(2)9-11-24/h8-11,14-15,18-21,23,26H,3-7,12-13,16-17H2,1-2H3/b28-20+,29-21+. The molecule has 154 valence electrons. The Morgan fingerprint density at radius 1 is 0.759 bits per heavy atom. The summed E-state index contributed by atoms with van der Waals surface area (Å²) in [6.45, 7) is 4.38. The van der Waals surface area contributed by atoms with Crippen LogP contribution in [0.4, 0.5) is 0 Å². The van der Waals surface area contributed by atoms with Gasteiger partial charge in [0.2, 0.25) is 0 Å². The van der Waals surface area contributed by atoms with Crippen LogP contribution in [0.5, 0.6) is 0 Å². The highest BCUT2D eigenvalue weighted by molar-refractivity contribution is 5.82. The quantitative estimate of drug-likeness (QED) is 0.239. The van der Waals surface area contributed by atoms with E-state index in [1.165, 1.54) is 68.9 Å². The Morgan fingerprint density at radius 2 is 1.34 bits per heavy atom. The van der Waals surface area contributed by atoms with E-state index in [1.54, 1.807) is 6.21 Å². The van der Waals surface area contributed by atoms with Crippen LogP contribution in [-0.4, -0.2) is 12.4 Å². The molecule has 3 rings (SSSR count). The Hall–Kier alpha value is -2.22. The summed E-state index contributed by atoms with van der Waals surface area (Å²) in [5.74, 6) is 1.72. The molecule has 1 saturated carbocycles. The summed E-state index contributed by atoms with van der Waals surface area (Å²) in [5, 5.41) is 8.37. The molecule has 0 heterocycles. The van der Waals surface area contributed by atoms with E-state index in [1.807, 2.05) is 6.21 Å². The van der Waals surface area contributed by atoms with E-state index in [-0.39, 0.29) is 0 Å². The molecule has 0 amide bonds. The Kier molecular flexibility index (Phi) is 8.67. The van der Waals surface area contributed by atoms with Crippen LogP contribution < -0.4 is 0 Å². The van der Waals surface area contributed by atoms with Crippen LogP contribution in [0.15, 0.2) is 58.7 Å². The number of hydrogen-bond acceptors (Lipinski definition) is 2. The summed E-state index contributed by atoms with van der Waals surface area (Å²) in [4.78, 5) is 0. The van der Waals surface area contributed by atoms with Gasteiger partial charge in [-0.05, 0) is 61.1 Å². The largest absolute Gasteiger partial charge is 0.159 e. The van der Waals surface area contributed by atoms with E-state index in [0.717, 1.165) is 23.0 Å². The number of rotatable bonds is 9. The summed E-state index contributed by atoms with van der Waals surface area (Å²) >= 11 is 0. The van der Waals surface area contributed by atoms with E-state index >= 15 is 0 Å². The van der Waals surface area contributed by atoms with Crippen LogP contribution in [0.1, 0.15) is 92.9 Å². The number of unbranched alkanes of at least 4 members (excludes halogenated alkanes) is 3. The van der Waals surface area contributed by atoms with Crippen molar-refractivity contribution in [3.05, 3.63) is 70.8 Å². The Morgan fingerprint density at radius 3 is 1.93 bits per heavy atom. The molecule has 1 aliphatic carbocycles. The molecule has 2 aromatic carbocycles. The van der Waals surface area contributed by atoms with E-state index in [4.69, 9.17) is 0 Å². The zero-order valence-electron chi connectivity index (χ0n) is 18.2. The number of benzene rings is 2. The van der Waals surface area contributed by atoms with Crippen LogP contribution in [0, 0.1) is 12.8 Å². The summed E-state index contributed by atoms with van der Waals surface area (Å²) in [6.07, 6.45) is 16.2. The van der Waals surface area contributed by atoms with Crippen molar-refractivity contribution in [2.24, 2.45) is 16.1 Å². The molecule has 0 aliphatic heterocycles. The van der Waals surface area contributed by atoms with Gasteiger partial charge in [0.05, 0.1) is 12.4 Å². The van der Waals surface area contributed by atoms with Gasteiger partial charge in [0.25, 0.3) is 0 Å². The fourth-order valence-corrected chi connectivity index (χ4v) is 4.35. The molecule has 2 heteroatoms. The van der Waals surface area contributed by atoms with Crippen molar-refractivity contribution < 1.29 is 0 Å². The van der Waals surface area contributed by atoms with Crippen LogP contribution in [0.3, 0.4) is 0 Å². The maximum absolute atomic E-state index is 4.20. The van der Waals surface area contributed by atoms with Crippen molar-refractivity contribution in [3.8, 4) is 0 Å². The highest BCUT2D eigenvalue weighted by Gasteiger charge is 2.21. The van der Waals surface area contributed by atoms with Gasteiger partial charge in [-0.1, -0.05) is 93.1 Å². The predicted molar refractivity (Wildman–Crippen MR) is 126 cm³/mol. The van der Waals surface area contributed by atoms with Gasteiger partial charge in [-0.15, -0.1) is 0 Å². The fraction of sp³-hybridized carbons (Fsp3) is 0.481. The highest BCUT2D eigenvalue weighted by atomic mass is 15.2. The molecule has 0 bridgehead atoms. The van der Waals surface area contributed by atoms with Crippen molar-refractivity contribution >= 4 is 12.4 Å². The molecular weight excluding hydrogens is 352 g/mol. The molecule has 0 aromatic heterocycles. The summed E-state index contributed by atoms with van der Waals surface area (Å²) in [7, 11) is 0. The van der Waals surface area contributed by atoms with Gasteiger partial charge in [-0.25, -0.2) is 0 Å². The number of hydrogen-bond donors (Lipinski definition) is 0. The van der Waals surface area contributed by atoms with Gasteiger partial charge in [-0.3, -0.25) is 0 Å². The highest BCUT2D eigenvalue weighted by Crippen LogP contribution is 2.37. The lowest BCUT2D eigenvalue weighted by atomic mass is 9.77. The second kappa shape index (κ2) is 11.7. The molecule has 0 radical (unpaired) electrons. The lowest BCUT2D eigenvalue weighted by Gasteiger charge is -2.29. The van der Waals surface area contributed by atoms with Gasteiger partial charge in [0, 0.05) is 0 Å². The second-order valence-electron chi connectivity index (χ2n) is 8.63. The third kappa shape index (κ3) is 7.27. The Balaban J connectivity index is 1.43. The SMILES string of the molecule is CCCCCCC1CCC(c2ccc(/C=N/N=C/c3ccc(C)cc3)cc2)CC1. The van der Waals surface area contributed by atoms with Gasteiger partial charge >= 0.3 is 0 Å². The van der Waals surface area contributed by atoms with Crippen molar-refractivity contribution in [1.29, 1.82) is 0 Å². The lowest BCUT2D eigenvalue weighted by molar-refractivity contribution is 0.302. The Labute approximate surface area is 177 Å². The summed E-state index contributed by atoms with van der Waals surface area (Å²) in [6, 6.07) is 17.2. The van der Waals surface area contributed by atoms with Gasteiger partial charge in [0.1, 0.15) is 0 Å². The monoisotopic (exact) mass is 388 g/mol. The van der Waals surface area contributed by atoms with Gasteiger partial charge in [0.15, 0.2) is 0 Å². The molecular formula is C27H36N2. The Bertz CT molecular complexity index is 763. The first-order valence-electron chi connectivity index (χ1n) is 11.5. The van der Waals surface area contributed by atoms with Crippen molar-refractivity contribution in [3.63, 3.8) is 0 Å². The minimum absolute atomic E-state index is 0.743. The average molecular weight is 389 g/mol. The minimum Gasteiger partial charge on any atom is -0.159 e. The third-order valence-electron chi connectivity index (χ3n) is 6.28. The zero-order valence-corrected chi connectivity index (χ0v) is 18.2. The van der Waals surface area contributed by atoms with Crippen LogP contribution in [-0.2, 0) is 0 Å². The predicted octanol–water partition coefficient (Wildman–Crippen LogP) is 7.69. The normalized spacial score (nSPS) is 19.9. The van der Waals surface area contributed by atoms with Crippen molar-refractivity contribution in [2.45, 2.75) is 77.6 Å². The third-order valence-corrected chi connectivity index (χ3v) is 6.28. The molecule has 0 N–H and O–H groups in total. The molecule has 2 nitrogen and oxygen atoms in total. The first-order valence-corrected chi connectivity index (χ1v) is 11.5.